The number of carboxylic acid groups (broad SMARTS) is 1. The van der Waals surface area contributed by atoms with E-state index in [1.54, 1.807) is 44.2 Å². The Bertz CT molecular complexity index is 1360. The van der Waals surface area contributed by atoms with Gasteiger partial charge in [-0.25, -0.2) is 9.69 Å². The fraction of sp³-hybridized carbons (Fsp3) is 0.148. The van der Waals surface area contributed by atoms with E-state index in [9.17, 15) is 9.59 Å². The van der Waals surface area contributed by atoms with Gasteiger partial charge in [0.15, 0.2) is 5.76 Å². The molecule has 178 valence electrons. The van der Waals surface area contributed by atoms with E-state index in [0.29, 0.717) is 27.9 Å². The summed E-state index contributed by atoms with van der Waals surface area (Å²) in [5.41, 5.74) is 4.61. The zero-order valence-electron chi connectivity index (χ0n) is 19.2. The van der Waals surface area contributed by atoms with Gasteiger partial charge in [0.1, 0.15) is 11.4 Å². The summed E-state index contributed by atoms with van der Waals surface area (Å²) in [6, 6.07) is 21.9. The number of benzene rings is 3. The van der Waals surface area contributed by atoms with E-state index in [2.05, 4.69) is 5.16 Å². The Hall–Kier alpha value is -4.10. The van der Waals surface area contributed by atoms with Gasteiger partial charge in [0.25, 0.3) is 0 Å². The Kier molecular flexibility index (Phi) is 7.17. The smallest absolute Gasteiger partial charge is 0.419 e. The predicted octanol–water partition coefficient (Wildman–Crippen LogP) is 6.89. The van der Waals surface area contributed by atoms with E-state index in [1.807, 2.05) is 42.5 Å². The average molecular weight is 491 g/mol. The number of hydrogen-bond acceptors (Lipinski definition) is 5. The van der Waals surface area contributed by atoms with Crippen LogP contribution in [0.4, 0.5) is 16.2 Å². The molecule has 1 heterocycles. The van der Waals surface area contributed by atoms with Crippen LogP contribution in [0.5, 0.6) is 0 Å². The largest absolute Gasteiger partial charge is 0.481 e. The van der Waals surface area contributed by atoms with Crippen LogP contribution < -0.4 is 4.90 Å². The maximum absolute atomic E-state index is 13.0. The number of amides is 1. The first-order valence-electron chi connectivity index (χ1n) is 11.0. The van der Waals surface area contributed by atoms with Gasteiger partial charge >= 0.3 is 12.1 Å². The Morgan fingerprint density at radius 1 is 1.00 bits per heavy atom. The van der Waals surface area contributed by atoms with Gasteiger partial charge in [0.05, 0.1) is 23.7 Å². The number of aliphatic carboxylic acids is 1. The van der Waals surface area contributed by atoms with Gasteiger partial charge in [0.2, 0.25) is 0 Å². The molecule has 0 aliphatic rings. The van der Waals surface area contributed by atoms with Gasteiger partial charge in [0, 0.05) is 5.56 Å². The molecule has 35 heavy (non-hydrogen) atoms. The summed E-state index contributed by atoms with van der Waals surface area (Å²) in [7, 11) is 0. The van der Waals surface area contributed by atoms with E-state index in [1.165, 1.54) is 4.90 Å². The molecule has 0 saturated heterocycles. The van der Waals surface area contributed by atoms with Crippen LogP contribution in [0.3, 0.4) is 0 Å². The lowest BCUT2D eigenvalue weighted by Crippen LogP contribution is -2.27. The highest BCUT2D eigenvalue weighted by Crippen LogP contribution is 2.40. The zero-order valence-corrected chi connectivity index (χ0v) is 20.0. The van der Waals surface area contributed by atoms with E-state index in [0.717, 1.165) is 22.3 Å². The van der Waals surface area contributed by atoms with Crippen LogP contribution in [0.2, 0.25) is 5.02 Å². The van der Waals surface area contributed by atoms with Crippen molar-refractivity contribution in [2.24, 2.45) is 0 Å². The third kappa shape index (κ3) is 5.20. The predicted molar refractivity (Wildman–Crippen MR) is 134 cm³/mol. The topological polar surface area (TPSA) is 92.9 Å². The van der Waals surface area contributed by atoms with Crippen molar-refractivity contribution in [3.05, 3.63) is 89.1 Å². The number of aromatic nitrogens is 1. The molecule has 1 N–H and O–H groups in total. The van der Waals surface area contributed by atoms with Crippen molar-refractivity contribution in [1.82, 2.24) is 5.16 Å². The van der Waals surface area contributed by atoms with Crippen molar-refractivity contribution in [2.75, 3.05) is 11.5 Å². The van der Waals surface area contributed by atoms with Crippen LogP contribution in [0.1, 0.15) is 18.2 Å². The normalized spacial score (nSPS) is 10.7. The monoisotopic (exact) mass is 490 g/mol. The number of rotatable bonds is 7. The summed E-state index contributed by atoms with van der Waals surface area (Å²) in [6.45, 7) is 3.64. The molecule has 4 rings (SSSR count). The third-order valence-electron chi connectivity index (χ3n) is 5.37. The molecular formula is C27H23ClN2O5. The highest BCUT2D eigenvalue weighted by Gasteiger charge is 2.29. The number of carboxylic acids is 1. The molecular weight excluding hydrogens is 468 g/mol. The first-order chi connectivity index (χ1) is 16.9. The lowest BCUT2D eigenvalue weighted by Gasteiger charge is -2.23. The van der Waals surface area contributed by atoms with Crippen molar-refractivity contribution in [2.45, 2.75) is 20.3 Å². The fourth-order valence-electron chi connectivity index (χ4n) is 3.81. The molecule has 0 radical (unpaired) electrons. The molecule has 4 aromatic rings. The number of para-hydroxylation sites is 1. The standard InChI is InChI=1S/C27H23ClN2O5/c1-3-34-27(33)30(23-10-5-4-9-22(23)28)26-17(2)35-29-25(26)20-13-11-19(12-14-20)21-8-6-7-18(15-21)16-24(31)32/h4-15H,3,16H2,1-2H3,(H,31,32). The van der Waals surface area contributed by atoms with Crippen LogP contribution in [0.15, 0.2) is 77.3 Å². The maximum Gasteiger partial charge on any atom is 0.419 e. The summed E-state index contributed by atoms with van der Waals surface area (Å²) < 4.78 is 10.8. The van der Waals surface area contributed by atoms with Gasteiger partial charge in [-0.1, -0.05) is 77.4 Å². The van der Waals surface area contributed by atoms with Crippen molar-refractivity contribution in [1.29, 1.82) is 0 Å². The second kappa shape index (κ2) is 10.4. The molecule has 7 nitrogen and oxygen atoms in total. The third-order valence-corrected chi connectivity index (χ3v) is 5.69. The summed E-state index contributed by atoms with van der Waals surface area (Å²) in [5.74, 6) is -0.450. The number of carbonyl (C=O) groups is 2. The van der Waals surface area contributed by atoms with E-state index < -0.39 is 12.1 Å². The lowest BCUT2D eigenvalue weighted by molar-refractivity contribution is -0.136. The number of ether oxygens (including phenoxy) is 1. The second-order valence-electron chi connectivity index (χ2n) is 7.77. The lowest BCUT2D eigenvalue weighted by atomic mass is 9.99. The van der Waals surface area contributed by atoms with Gasteiger partial charge in [-0.15, -0.1) is 0 Å². The fourth-order valence-corrected chi connectivity index (χ4v) is 4.03. The first kappa shape index (κ1) is 24.0. The number of aryl methyl sites for hydroxylation is 1. The van der Waals surface area contributed by atoms with E-state index >= 15 is 0 Å². The molecule has 3 aromatic carbocycles. The summed E-state index contributed by atoms with van der Waals surface area (Å²) in [5, 5.41) is 13.7. The quantitative estimate of drug-likeness (QED) is 0.303. The van der Waals surface area contributed by atoms with Crippen molar-refractivity contribution >= 4 is 35.0 Å². The minimum atomic E-state index is -0.879. The van der Waals surface area contributed by atoms with Crippen LogP contribution >= 0.6 is 11.6 Å². The SMILES string of the molecule is CCOC(=O)N(c1ccccc1Cl)c1c(-c2ccc(-c3cccc(CC(=O)O)c3)cc2)noc1C. The first-order valence-corrected chi connectivity index (χ1v) is 11.4. The van der Waals surface area contributed by atoms with Gasteiger partial charge < -0.3 is 14.4 Å². The van der Waals surface area contributed by atoms with Gasteiger partial charge in [-0.2, -0.15) is 0 Å². The van der Waals surface area contributed by atoms with Gasteiger partial charge in [-0.3, -0.25) is 4.79 Å². The maximum atomic E-state index is 13.0. The van der Waals surface area contributed by atoms with Crippen molar-refractivity contribution in [3.63, 3.8) is 0 Å². The highest BCUT2D eigenvalue weighted by molar-refractivity contribution is 6.34. The Balaban J connectivity index is 1.74. The van der Waals surface area contributed by atoms with Gasteiger partial charge in [-0.05, 0) is 42.7 Å². The minimum absolute atomic E-state index is 0.0424. The summed E-state index contributed by atoms with van der Waals surface area (Å²) >= 11 is 6.43. The Labute approximate surface area is 207 Å². The molecule has 0 aliphatic heterocycles. The van der Waals surface area contributed by atoms with E-state index in [4.69, 9.17) is 26.0 Å². The molecule has 0 bridgehead atoms. The molecule has 1 amide bonds. The molecule has 0 aliphatic carbocycles. The van der Waals surface area contributed by atoms with Crippen LogP contribution in [-0.4, -0.2) is 28.9 Å². The zero-order chi connectivity index (χ0) is 24.9. The van der Waals surface area contributed by atoms with Crippen LogP contribution in [0.25, 0.3) is 22.4 Å². The van der Waals surface area contributed by atoms with Crippen molar-refractivity contribution < 1.29 is 24.0 Å². The molecule has 0 unspecified atom stereocenters. The molecule has 8 heteroatoms. The van der Waals surface area contributed by atoms with Crippen molar-refractivity contribution in [3.8, 4) is 22.4 Å². The number of halogens is 1. The average Bonchev–Trinajstić information content (AvgIpc) is 3.21. The Morgan fingerprint density at radius 2 is 1.71 bits per heavy atom. The highest BCUT2D eigenvalue weighted by atomic mass is 35.5. The summed E-state index contributed by atoms with van der Waals surface area (Å²) in [6.07, 6.45) is -0.640. The second-order valence-corrected chi connectivity index (χ2v) is 8.18. The number of hydrogen-bond donors (Lipinski definition) is 1. The van der Waals surface area contributed by atoms with Crippen LogP contribution in [0, 0.1) is 6.92 Å². The Morgan fingerprint density at radius 3 is 2.40 bits per heavy atom. The van der Waals surface area contributed by atoms with Crippen LogP contribution in [-0.2, 0) is 16.0 Å². The number of carbonyl (C=O) groups excluding carboxylic acids is 1. The molecule has 0 fully saturated rings. The molecule has 0 atom stereocenters. The number of nitrogens with zero attached hydrogens (tertiary/aromatic N) is 2. The summed E-state index contributed by atoms with van der Waals surface area (Å²) in [4.78, 5) is 25.4. The number of anilines is 2. The molecule has 0 saturated carbocycles. The molecule has 1 aromatic heterocycles. The minimum Gasteiger partial charge on any atom is -0.481 e. The van der Waals surface area contributed by atoms with E-state index in [-0.39, 0.29) is 13.0 Å². The molecule has 0 spiro atoms.